The van der Waals surface area contributed by atoms with Gasteiger partial charge in [0.2, 0.25) is 0 Å². The highest BCUT2D eigenvalue weighted by Crippen LogP contribution is 2.17. The number of aliphatic hydroxyl groups is 1. The molecule has 2 rings (SSSR count). The fourth-order valence-electron chi connectivity index (χ4n) is 2.39. The van der Waals surface area contributed by atoms with Gasteiger partial charge >= 0.3 is 0 Å². The number of aliphatic hydroxyl groups excluding tert-OH is 1. The smallest absolute Gasteiger partial charge is 0.279 e. The molecule has 1 unspecified atom stereocenters. The normalized spacial score (nSPS) is 21.2. The number of piperidine rings is 1. The molecule has 0 saturated carbocycles. The summed E-state index contributed by atoms with van der Waals surface area (Å²) in [6.07, 6.45) is 4.08. The molecule has 1 aromatic rings. The van der Waals surface area contributed by atoms with E-state index in [1.54, 1.807) is 4.68 Å². The first-order valence-corrected chi connectivity index (χ1v) is 8.29. The highest BCUT2D eigenvalue weighted by atomic mass is 32.2. The maximum absolute atomic E-state index is 12.2. The van der Waals surface area contributed by atoms with E-state index in [0.29, 0.717) is 26.1 Å². The predicted octanol–water partition coefficient (Wildman–Crippen LogP) is -0.499. The molecule has 0 spiro atoms. The van der Waals surface area contributed by atoms with Gasteiger partial charge in [-0.2, -0.15) is 17.8 Å². The van der Waals surface area contributed by atoms with E-state index in [4.69, 9.17) is 5.11 Å². The van der Waals surface area contributed by atoms with Crippen molar-refractivity contribution in [3.8, 4) is 0 Å². The van der Waals surface area contributed by atoms with Crippen LogP contribution in [0.4, 0.5) is 0 Å². The van der Waals surface area contributed by atoms with Crippen LogP contribution >= 0.6 is 0 Å². The number of hydrogen-bond donors (Lipinski definition) is 2. The molecule has 0 aliphatic carbocycles. The first-order chi connectivity index (χ1) is 9.51. The van der Waals surface area contributed by atoms with Crippen LogP contribution in [0.25, 0.3) is 0 Å². The summed E-state index contributed by atoms with van der Waals surface area (Å²) >= 11 is 0. The van der Waals surface area contributed by atoms with Gasteiger partial charge in [-0.1, -0.05) is 0 Å². The van der Waals surface area contributed by atoms with Gasteiger partial charge in [-0.25, -0.2) is 4.72 Å². The molecule has 1 aliphatic rings. The van der Waals surface area contributed by atoms with Crippen molar-refractivity contribution < 1.29 is 13.5 Å². The molecule has 2 N–H and O–H groups in total. The third-order valence-corrected chi connectivity index (χ3v) is 5.09. The lowest BCUT2D eigenvalue weighted by Crippen LogP contribution is -2.47. The second-order valence-corrected chi connectivity index (χ2v) is 6.93. The second kappa shape index (κ2) is 6.66. The topological polar surface area (TPSA) is 87.5 Å². The van der Waals surface area contributed by atoms with Crippen molar-refractivity contribution in [2.75, 3.05) is 26.2 Å². The van der Waals surface area contributed by atoms with E-state index in [1.165, 1.54) is 4.31 Å². The number of aryl methyl sites for hydroxylation is 1. The standard InChI is InChI=1S/C12H22N4O3S/c1-15-8-5-12(14-15)4-6-13-20(18,19)16-7-2-3-11(9-16)10-17/h5,8,11,13,17H,2-4,6-7,9-10H2,1H3. The Morgan fingerprint density at radius 2 is 2.35 bits per heavy atom. The third kappa shape index (κ3) is 4.02. The quantitative estimate of drug-likeness (QED) is 0.742. The molecular formula is C12H22N4O3S. The number of nitrogens with zero attached hydrogens (tertiary/aromatic N) is 3. The van der Waals surface area contributed by atoms with Crippen molar-refractivity contribution in [3.63, 3.8) is 0 Å². The number of nitrogens with one attached hydrogen (secondary N) is 1. The molecule has 114 valence electrons. The van der Waals surface area contributed by atoms with Gasteiger partial charge in [0, 0.05) is 45.9 Å². The minimum atomic E-state index is -3.45. The van der Waals surface area contributed by atoms with Crippen LogP contribution < -0.4 is 4.72 Å². The molecule has 1 atom stereocenters. The average molecular weight is 302 g/mol. The van der Waals surface area contributed by atoms with Gasteiger partial charge < -0.3 is 5.11 Å². The Hall–Kier alpha value is -0.960. The summed E-state index contributed by atoms with van der Waals surface area (Å²) in [7, 11) is -1.62. The lowest BCUT2D eigenvalue weighted by atomic mass is 10.0. The largest absolute Gasteiger partial charge is 0.396 e. The van der Waals surface area contributed by atoms with Crippen molar-refractivity contribution in [1.29, 1.82) is 0 Å². The molecule has 20 heavy (non-hydrogen) atoms. The van der Waals surface area contributed by atoms with Crippen molar-refractivity contribution >= 4 is 10.2 Å². The number of hydrogen-bond acceptors (Lipinski definition) is 4. The van der Waals surface area contributed by atoms with E-state index in [0.717, 1.165) is 18.5 Å². The minimum Gasteiger partial charge on any atom is -0.396 e. The Labute approximate surface area is 119 Å². The van der Waals surface area contributed by atoms with Crippen LogP contribution in [0.2, 0.25) is 0 Å². The maximum atomic E-state index is 12.2. The van der Waals surface area contributed by atoms with E-state index in [-0.39, 0.29) is 12.5 Å². The fraction of sp³-hybridized carbons (Fsp3) is 0.750. The third-order valence-electron chi connectivity index (χ3n) is 3.51. The summed E-state index contributed by atoms with van der Waals surface area (Å²) in [4.78, 5) is 0. The lowest BCUT2D eigenvalue weighted by Gasteiger charge is -2.30. The summed E-state index contributed by atoms with van der Waals surface area (Å²) in [6, 6.07) is 1.87. The van der Waals surface area contributed by atoms with Gasteiger partial charge in [0.05, 0.1) is 5.69 Å². The van der Waals surface area contributed by atoms with Gasteiger partial charge in [0.25, 0.3) is 10.2 Å². The SMILES string of the molecule is Cn1ccc(CCNS(=O)(=O)N2CCCC(CO)C2)n1. The van der Waals surface area contributed by atoms with Crippen molar-refractivity contribution in [1.82, 2.24) is 18.8 Å². The van der Waals surface area contributed by atoms with Crippen LogP contribution in [-0.2, 0) is 23.7 Å². The summed E-state index contributed by atoms with van der Waals surface area (Å²) in [5, 5.41) is 13.4. The predicted molar refractivity (Wildman–Crippen MR) is 75.2 cm³/mol. The molecule has 0 bridgehead atoms. The Morgan fingerprint density at radius 1 is 1.55 bits per heavy atom. The van der Waals surface area contributed by atoms with Crippen molar-refractivity contribution in [2.45, 2.75) is 19.3 Å². The zero-order chi connectivity index (χ0) is 14.6. The molecule has 0 aromatic carbocycles. The van der Waals surface area contributed by atoms with E-state index in [9.17, 15) is 8.42 Å². The summed E-state index contributed by atoms with van der Waals surface area (Å²) in [5.41, 5.74) is 0.863. The van der Waals surface area contributed by atoms with E-state index in [1.807, 2.05) is 19.3 Å². The zero-order valence-corrected chi connectivity index (χ0v) is 12.5. The molecule has 1 fully saturated rings. The Bertz CT molecular complexity index is 529. The van der Waals surface area contributed by atoms with Gasteiger partial charge in [-0.3, -0.25) is 4.68 Å². The van der Waals surface area contributed by atoms with E-state index in [2.05, 4.69) is 9.82 Å². The van der Waals surface area contributed by atoms with Crippen LogP contribution in [0.3, 0.4) is 0 Å². The van der Waals surface area contributed by atoms with Crippen LogP contribution in [0.1, 0.15) is 18.5 Å². The molecule has 1 saturated heterocycles. The summed E-state index contributed by atoms with van der Waals surface area (Å²) in [5.74, 6) is 0.0520. The van der Waals surface area contributed by atoms with Crippen LogP contribution in [0.15, 0.2) is 12.3 Å². The summed E-state index contributed by atoms with van der Waals surface area (Å²) < 4.78 is 30.0. The number of aromatic nitrogens is 2. The first kappa shape index (κ1) is 15.4. The molecule has 2 heterocycles. The molecular weight excluding hydrogens is 280 g/mol. The minimum absolute atomic E-state index is 0.0416. The van der Waals surface area contributed by atoms with E-state index < -0.39 is 10.2 Å². The highest BCUT2D eigenvalue weighted by Gasteiger charge is 2.28. The van der Waals surface area contributed by atoms with Gasteiger partial charge in [-0.15, -0.1) is 0 Å². The molecule has 0 amide bonds. The van der Waals surface area contributed by atoms with Crippen LogP contribution in [-0.4, -0.2) is 53.9 Å². The molecule has 1 aliphatic heterocycles. The maximum Gasteiger partial charge on any atom is 0.279 e. The van der Waals surface area contributed by atoms with Gasteiger partial charge in [0.1, 0.15) is 0 Å². The zero-order valence-electron chi connectivity index (χ0n) is 11.7. The van der Waals surface area contributed by atoms with Crippen LogP contribution in [0.5, 0.6) is 0 Å². The Kier molecular flexibility index (Phi) is 5.14. The molecule has 1 aromatic heterocycles. The average Bonchev–Trinajstić information content (AvgIpc) is 2.84. The van der Waals surface area contributed by atoms with E-state index >= 15 is 0 Å². The number of rotatable bonds is 6. The highest BCUT2D eigenvalue weighted by molar-refractivity contribution is 7.87. The summed E-state index contributed by atoms with van der Waals surface area (Å²) in [6.45, 7) is 1.30. The molecule has 7 nitrogen and oxygen atoms in total. The molecule has 0 radical (unpaired) electrons. The Morgan fingerprint density at radius 3 is 3.00 bits per heavy atom. The molecule has 8 heteroatoms. The van der Waals surface area contributed by atoms with Gasteiger partial charge in [-0.05, 0) is 24.8 Å². The van der Waals surface area contributed by atoms with Crippen molar-refractivity contribution in [2.24, 2.45) is 13.0 Å². The fourth-order valence-corrected chi connectivity index (χ4v) is 3.71. The second-order valence-electron chi connectivity index (χ2n) is 5.18. The lowest BCUT2D eigenvalue weighted by molar-refractivity contribution is 0.165. The van der Waals surface area contributed by atoms with Crippen LogP contribution in [0, 0.1) is 5.92 Å². The van der Waals surface area contributed by atoms with Crippen molar-refractivity contribution in [3.05, 3.63) is 18.0 Å². The Balaban J connectivity index is 1.84. The monoisotopic (exact) mass is 302 g/mol. The van der Waals surface area contributed by atoms with Gasteiger partial charge in [0.15, 0.2) is 0 Å². The first-order valence-electron chi connectivity index (χ1n) is 6.85.